The number of phenols is 1. The molecule has 0 unspecified atom stereocenters. The van der Waals surface area contributed by atoms with Crippen molar-refractivity contribution in [2.24, 2.45) is 0 Å². The second-order valence-electron chi connectivity index (χ2n) is 4.42. The van der Waals surface area contributed by atoms with E-state index >= 15 is 0 Å². The third-order valence-corrected chi connectivity index (χ3v) is 3.68. The van der Waals surface area contributed by atoms with Gasteiger partial charge in [-0.2, -0.15) is 0 Å². The summed E-state index contributed by atoms with van der Waals surface area (Å²) in [7, 11) is 0. The molecule has 100 valence electrons. The molecule has 1 fully saturated rings. The normalized spacial score (nSPS) is 16.9. The highest BCUT2D eigenvalue weighted by Gasteiger charge is 2.08. The first-order valence-electron chi connectivity index (χ1n) is 6.24. The van der Waals surface area contributed by atoms with Crippen molar-refractivity contribution in [1.29, 1.82) is 0 Å². The number of ether oxygens (including phenoxy) is 1. The number of morpholine rings is 1. The first-order chi connectivity index (χ1) is 8.75. The van der Waals surface area contributed by atoms with E-state index in [9.17, 15) is 5.11 Å². The number of hydrogen-bond acceptors (Lipinski definition) is 4. The maximum absolute atomic E-state index is 9.40. The zero-order chi connectivity index (χ0) is 12.8. The number of nitrogens with zero attached hydrogens (tertiary/aromatic N) is 1. The van der Waals surface area contributed by atoms with Crippen LogP contribution in [0.5, 0.6) is 5.75 Å². The van der Waals surface area contributed by atoms with Crippen LogP contribution in [0.2, 0.25) is 0 Å². The van der Waals surface area contributed by atoms with Gasteiger partial charge in [0.15, 0.2) is 0 Å². The van der Waals surface area contributed by atoms with Gasteiger partial charge in [-0.15, -0.1) is 0 Å². The molecule has 1 aliphatic heterocycles. The third kappa shape index (κ3) is 4.24. The van der Waals surface area contributed by atoms with E-state index in [1.165, 1.54) is 5.56 Å². The summed E-state index contributed by atoms with van der Waals surface area (Å²) in [5, 5.41) is 12.8. The second-order valence-corrected chi connectivity index (χ2v) is 5.27. The van der Waals surface area contributed by atoms with E-state index in [4.69, 9.17) is 4.74 Å². The molecule has 1 saturated heterocycles. The smallest absolute Gasteiger partial charge is 0.129 e. The number of phenolic OH excluding ortho intramolecular Hbond substituents is 1. The van der Waals surface area contributed by atoms with Crippen molar-refractivity contribution in [1.82, 2.24) is 10.2 Å². The molecule has 0 aliphatic carbocycles. The molecule has 0 atom stereocenters. The largest absolute Gasteiger partial charge is 0.507 e. The zero-order valence-corrected chi connectivity index (χ0v) is 11.9. The molecule has 0 radical (unpaired) electrons. The van der Waals surface area contributed by atoms with Gasteiger partial charge in [-0.05, 0) is 33.6 Å². The first kappa shape index (κ1) is 13.8. The number of rotatable bonds is 5. The number of benzene rings is 1. The molecule has 4 nitrogen and oxygen atoms in total. The predicted molar refractivity (Wildman–Crippen MR) is 74.8 cm³/mol. The van der Waals surface area contributed by atoms with Crippen LogP contribution in [0.1, 0.15) is 5.56 Å². The van der Waals surface area contributed by atoms with Crippen LogP contribution >= 0.6 is 15.9 Å². The van der Waals surface area contributed by atoms with E-state index in [2.05, 4.69) is 26.1 Å². The molecule has 0 bridgehead atoms. The first-order valence-corrected chi connectivity index (χ1v) is 7.03. The Morgan fingerprint density at radius 3 is 2.83 bits per heavy atom. The number of halogens is 1. The van der Waals surface area contributed by atoms with Crippen LogP contribution in [0.15, 0.2) is 22.7 Å². The summed E-state index contributed by atoms with van der Waals surface area (Å²) < 4.78 is 6.05. The Morgan fingerprint density at radius 1 is 1.33 bits per heavy atom. The SMILES string of the molecule is Oc1ccc(CNCCN2CCOCC2)cc1Br. The minimum absolute atomic E-state index is 0.284. The summed E-state index contributed by atoms with van der Waals surface area (Å²) in [6.07, 6.45) is 0. The van der Waals surface area contributed by atoms with Crippen molar-refractivity contribution in [2.75, 3.05) is 39.4 Å². The summed E-state index contributed by atoms with van der Waals surface area (Å²) >= 11 is 3.32. The molecule has 0 amide bonds. The summed E-state index contributed by atoms with van der Waals surface area (Å²) in [6, 6.07) is 5.59. The van der Waals surface area contributed by atoms with E-state index in [0.717, 1.165) is 50.4 Å². The quantitative estimate of drug-likeness (QED) is 0.810. The van der Waals surface area contributed by atoms with Gasteiger partial charge >= 0.3 is 0 Å². The van der Waals surface area contributed by atoms with Crippen molar-refractivity contribution in [3.63, 3.8) is 0 Å². The Balaban J connectivity index is 1.66. The number of hydrogen-bond donors (Lipinski definition) is 2. The fourth-order valence-electron chi connectivity index (χ4n) is 1.96. The molecule has 1 aromatic carbocycles. The van der Waals surface area contributed by atoms with Gasteiger partial charge in [0.1, 0.15) is 5.75 Å². The molecule has 0 aromatic heterocycles. The molecule has 2 rings (SSSR count). The Morgan fingerprint density at radius 2 is 2.11 bits per heavy atom. The number of aromatic hydroxyl groups is 1. The van der Waals surface area contributed by atoms with Crippen LogP contribution in [-0.2, 0) is 11.3 Å². The van der Waals surface area contributed by atoms with E-state index in [0.29, 0.717) is 0 Å². The van der Waals surface area contributed by atoms with E-state index < -0.39 is 0 Å². The van der Waals surface area contributed by atoms with Crippen molar-refractivity contribution in [2.45, 2.75) is 6.54 Å². The van der Waals surface area contributed by atoms with Gasteiger partial charge in [-0.1, -0.05) is 6.07 Å². The van der Waals surface area contributed by atoms with Crippen LogP contribution in [0.3, 0.4) is 0 Å². The van der Waals surface area contributed by atoms with Crippen molar-refractivity contribution in [3.05, 3.63) is 28.2 Å². The lowest BCUT2D eigenvalue weighted by Crippen LogP contribution is -2.40. The van der Waals surface area contributed by atoms with Gasteiger partial charge < -0.3 is 15.2 Å². The highest BCUT2D eigenvalue weighted by atomic mass is 79.9. The minimum atomic E-state index is 0.284. The lowest BCUT2D eigenvalue weighted by atomic mass is 10.2. The summed E-state index contributed by atoms with van der Waals surface area (Å²) in [5.74, 6) is 0.284. The van der Waals surface area contributed by atoms with E-state index in [1.807, 2.05) is 12.1 Å². The molecular formula is C13H19BrN2O2. The standard InChI is InChI=1S/C13H19BrN2O2/c14-12-9-11(1-2-13(12)17)10-15-3-4-16-5-7-18-8-6-16/h1-2,9,15,17H,3-8,10H2. The fraction of sp³-hybridized carbons (Fsp3) is 0.538. The Hall–Kier alpha value is -0.620. The van der Waals surface area contributed by atoms with Gasteiger partial charge in [-0.3, -0.25) is 4.90 Å². The monoisotopic (exact) mass is 314 g/mol. The molecule has 1 aromatic rings. The van der Waals surface area contributed by atoms with Crippen molar-refractivity contribution < 1.29 is 9.84 Å². The molecule has 1 aliphatic rings. The Bertz CT molecular complexity index is 381. The van der Waals surface area contributed by atoms with Crippen LogP contribution in [-0.4, -0.2) is 49.4 Å². The summed E-state index contributed by atoms with van der Waals surface area (Å²) in [5.41, 5.74) is 1.17. The highest BCUT2D eigenvalue weighted by molar-refractivity contribution is 9.10. The predicted octanol–water partition coefficient (Wildman–Crippen LogP) is 1.58. The van der Waals surface area contributed by atoms with Crippen LogP contribution in [0.4, 0.5) is 0 Å². The lowest BCUT2D eigenvalue weighted by molar-refractivity contribution is 0.0384. The van der Waals surface area contributed by atoms with Gasteiger partial charge in [0.2, 0.25) is 0 Å². The van der Waals surface area contributed by atoms with Gasteiger partial charge in [0.05, 0.1) is 17.7 Å². The van der Waals surface area contributed by atoms with E-state index in [1.54, 1.807) is 6.07 Å². The zero-order valence-electron chi connectivity index (χ0n) is 10.4. The molecule has 2 N–H and O–H groups in total. The van der Waals surface area contributed by atoms with Gasteiger partial charge in [-0.25, -0.2) is 0 Å². The van der Waals surface area contributed by atoms with Gasteiger partial charge in [0.25, 0.3) is 0 Å². The number of nitrogens with one attached hydrogen (secondary N) is 1. The maximum atomic E-state index is 9.40. The average molecular weight is 315 g/mol. The third-order valence-electron chi connectivity index (χ3n) is 3.05. The Labute approximate surface area is 116 Å². The highest BCUT2D eigenvalue weighted by Crippen LogP contribution is 2.24. The molecule has 1 heterocycles. The molecule has 5 heteroatoms. The van der Waals surface area contributed by atoms with Crippen molar-refractivity contribution in [3.8, 4) is 5.75 Å². The minimum Gasteiger partial charge on any atom is -0.507 e. The van der Waals surface area contributed by atoms with Crippen molar-refractivity contribution >= 4 is 15.9 Å². The van der Waals surface area contributed by atoms with Crippen LogP contribution < -0.4 is 5.32 Å². The van der Waals surface area contributed by atoms with Crippen LogP contribution in [0, 0.1) is 0 Å². The second kappa shape index (κ2) is 7.09. The van der Waals surface area contributed by atoms with Gasteiger partial charge in [0, 0.05) is 32.7 Å². The summed E-state index contributed by atoms with van der Waals surface area (Å²) in [4.78, 5) is 2.41. The topological polar surface area (TPSA) is 44.7 Å². The maximum Gasteiger partial charge on any atom is 0.129 e. The molecular weight excluding hydrogens is 296 g/mol. The van der Waals surface area contributed by atoms with E-state index in [-0.39, 0.29) is 5.75 Å². The molecule has 0 saturated carbocycles. The fourth-order valence-corrected chi connectivity index (χ4v) is 2.38. The molecule has 0 spiro atoms. The lowest BCUT2D eigenvalue weighted by Gasteiger charge is -2.26. The summed E-state index contributed by atoms with van der Waals surface area (Å²) in [6.45, 7) is 6.62. The molecule has 18 heavy (non-hydrogen) atoms. The van der Waals surface area contributed by atoms with Crippen LogP contribution in [0.25, 0.3) is 0 Å². The Kier molecular flexibility index (Phi) is 5.44. The average Bonchev–Trinajstić information content (AvgIpc) is 2.40.